The van der Waals surface area contributed by atoms with Gasteiger partial charge in [0.05, 0.1) is 5.69 Å². The second-order valence-corrected chi connectivity index (χ2v) is 5.65. The number of para-hydroxylation sites is 2. The van der Waals surface area contributed by atoms with Crippen LogP contribution >= 0.6 is 0 Å². The number of halogens is 4. The van der Waals surface area contributed by atoms with Gasteiger partial charge in [-0.1, -0.05) is 18.2 Å². The first kappa shape index (κ1) is 16.1. The minimum absolute atomic E-state index is 0.370. The number of hydrogen-bond donors (Lipinski definition) is 1. The molecule has 4 nitrogen and oxygen atoms in total. The summed E-state index contributed by atoms with van der Waals surface area (Å²) in [4.78, 5) is -1.21. The number of hydrogen-bond acceptors (Lipinski definition) is 3. The highest BCUT2D eigenvalue weighted by Crippen LogP contribution is 2.29. The van der Waals surface area contributed by atoms with Gasteiger partial charge >= 0.3 is 6.61 Å². The second-order valence-electron chi connectivity index (χ2n) is 4.03. The lowest BCUT2D eigenvalue weighted by atomic mass is 10.3. The summed E-state index contributed by atoms with van der Waals surface area (Å²) < 4.78 is 81.7. The molecule has 0 radical (unpaired) electrons. The number of nitrogens with one attached hydrogen (secondary N) is 1. The van der Waals surface area contributed by atoms with E-state index in [0.717, 1.165) is 30.3 Å². The van der Waals surface area contributed by atoms with Crippen LogP contribution < -0.4 is 9.46 Å². The van der Waals surface area contributed by atoms with Crippen LogP contribution in [-0.2, 0) is 10.0 Å². The van der Waals surface area contributed by atoms with Crippen LogP contribution in [0.3, 0.4) is 0 Å². The zero-order valence-corrected chi connectivity index (χ0v) is 11.6. The Kier molecular flexibility index (Phi) is 4.55. The number of alkyl halides is 2. The SMILES string of the molecule is O=S(=O)(Nc1ccccc1OC(F)F)c1c(F)cccc1F. The summed E-state index contributed by atoms with van der Waals surface area (Å²) in [5.41, 5.74) is -0.370. The van der Waals surface area contributed by atoms with E-state index in [9.17, 15) is 26.0 Å². The molecule has 0 saturated carbocycles. The molecule has 0 aliphatic rings. The molecule has 0 saturated heterocycles. The summed E-state index contributed by atoms with van der Waals surface area (Å²) in [6.07, 6.45) is 0. The summed E-state index contributed by atoms with van der Waals surface area (Å²) >= 11 is 0. The molecule has 2 rings (SSSR count). The molecule has 22 heavy (non-hydrogen) atoms. The molecular formula is C13H9F4NO3S. The van der Waals surface area contributed by atoms with Crippen molar-refractivity contribution in [2.24, 2.45) is 0 Å². The average Bonchev–Trinajstić information content (AvgIpc) is 2.39. The number of ether oxygens (including phenoxy) is 1. The molecule has 0 bridgehead atoms. The lowest BCUT2D eigenvalue weighted by Crippen LogP contribution is -2.17. The third-order valence-electron chi connectivity index (χ3n) is 2.54. The molecule has 0 aromatic heterocycles. The predicted molar refractivity (Wildman–Crippen MR) is 70.2 cm³/mol. The Balaban J connectivity index is 2.42. The van der Waals surface area contributed by atoms with Crippen LogP contribution in [0.4, 0.5) is 23.2 Å². The lowest BCUT2D eigenvalue weighted by Gasteiger charge is -2.13. The van der Waals surface area contributed by atoms with Crippen molar-refractivity contribution in [2.75, 3.05) is 4.72 Å². The number of benzene rings is 2. The molecule has 0 spiro atoms. The van der Waals surface area contributed by atoms with Crippen molar-refractivity contribution in [3.63, 3.8) is 0 Å². The standard InChI is InChI=1S/C13H9F4NO3S/c14-8-4-3-5-9(15)12(8)22(19,20)18-10-6-1-2-7-11(10)21-13(16)17/h1-7,13,18H. The van der Waals surface area contributed by atoms with E-state index in [4.69, 9.17) is 0 Å². The third kappa shape index (κ3) is 3.48. The molecule has 2 aromatic carbocycles. The van der Waals surface area contributed by atoms with Crippen LogP contribution in [0.15, 0.2) is 47.4 Å². The van der Waals surface area contributed by atoms with Crippen molar-refractivity contribution in [3.05, 3.63) is 54.1 Å². The Hall–Kier alpha value is -2.29. The van der Waals surface area contributed by atoms with E-state index < -0.39 is 38.9 Å². The van der Waals surface area contributed by atoms with E-state index in [2.05, 4.69) is 4.74 Å². The fraction of sp³-hybridized carbons (Fsp3) is 0.0769. The number of rotatable bonds is 5. The fourth-order valence-electron chi connectivity index (χ4n) is 1.68. The van der Waals surface area contributed by atoms with Gasteiger partial charge in [0.2, 0.25) is 0 Å². The second kappa shape index (κ2) is 6.22. The molecule has 0 aliphatic heterocycles. The Labute approximate surface area is 123 Å². The lowest BCUT2D eigenvalue weighted by molar-refractivity contribution is -0.0493. The molecule has 9 heteroatoms. The molecular weight excluding hydrogens is 326 g/mol. The largest absolute Gasteiger partial charge is 0.433 e. The van der Waals surface area contributed by atoms with Gasteiger partial charge in [-0.25, -0.2) is 17.2 Å². The predicted octanol–water partition coefficient (Wildman–Crippen LogP) is 3.37. The molecule has 0 unspecified atom stereocenters. The van der Waals surface area contributed by atoms with Gasteiger partial charge in [0.25, 0.3) is 10.0 Å². The quantitative estimate of drug-likeness (QED) is 0.853. The first-order chi connectivity index (χ1) is 10.3. The molecule has 2 aromatic rings. The van der Waals surface area contributed by atoms with Gasteiger partial charge in [-0.3, -0.25) is 4.72 Å². The Bertz CT molecular complexity index is 760. The number of anilines is 1. The first-order valence-electron chi connectivity index (χ1n) is 5.82. The summed E-state index contributed by atoms with van der Waals surface area (Å²) in [6.45, 7) is -3.18. The highest BCUT2D eigenvalue weighted by Gasteiger charge is 2.25. The molecule has 0 aliphatic carbocycles. The van der Waals surface area contributed by atoms with Crippen molar-refractivity contribution in [1.82, 2.24) is 0 Å². The minimum atomic E-state index is -4.66. The third-order valence-corrected chi connectivity index (χ3v) is 3.95. The maximum atomic E-state index is 13.5. The normalized spacial score (nSPS) is 11.5. The maximum absolute atomic E-state index is 13.5. The molecule has 118 valence electrons. The van der Waals surface area contributed by atoms with Crippen molar-refractivity contribution < 1.29 is 30.7 Å². The Morgan fingerprint density at radius 2 is 1.55 bits per heavy atom. The van der Waals surface area contributed by atoms with Gasteiger partial charge in [0.1, 0.15) is 17.4 Å². The van der Waals surface area contributed by atoms with Crippen LogP contribution in [0.25, 0.3) is 0 Å². The molecule has 0 heterocycles. The molecule has 0 fully saturated rings. The Morgan fingerprint density at radius 3 is 2.14 bits per heavy atom. The van der Waals surface area contributed by atoms with Crippen molar-refractivity contribution in [3.8, 4) is 5.75 Å². The minimum Gasteiger partial charge on any atom is -0.433 e. The smallest absolute Gasteiger partial charge is 0.387 e. The van der Waals surface area contributed by atoms with Crippen LogP contribution in [0.5, 0.6) is 5.75 Å². The molecule has 1 N–H and O–H groups in total. The van der Waals surface area contributed by atoms with E-state index in [-0.39, 0.29) is 5.69 Å². The van der Waals surface area contributed by atoms with E-state index in [1.54, 1.807) is 0 Å². The van der Waals surface area contributed by atoms with Crippen LogP contribution in [-0.4, -0.2) is 15.0 Å². The fourth-order valence-corrected chi connectivity index (χ4v) is 2.89. The van der Waals surface area contributed by atoms with E-state index in [1.807, 2.05) is 4.72 Å². The highest BCUT2D eigenvalue weighted by molar-refractivity contribution is 7.92. The summed E-state index contributed by atoms with van der Waals surface area (Å²) in [7, 11) is -4.66. The highest BCUT2D eigenvalue weighted by atomic mass is 32.2. The van der Waals surface area contributed by atoms with Gasteiger partial charge in [-0.05, 0) is 24.3 Å². The van der Waals surface area contributed by atoms with Crippen LogP contribution in [0.2, 0.25) is 0 Å². The van der Waals surface area contributed by atoms with Gasteiger partial charge in [-0.15, -0.1) is 0 Å². The summed E-state index contributed by atoms with van der Waals surface area (Å²) in [5, 5.41) is 0. The topological polar surface area (TPSA) is 55.4 Å². The zero-order valence-electron chi connectivity index (χ0n) is 10.8. The van der Waals surface area contributed by atoms with Crippen molar-refractivity contribution in [2.45, 2.75) is 11.5 Å². The monoisotopic (exact) mass is 335 g/mol. The summed E-state index contributed by atoms with van der Waals surface area (Å²) in [5.74, 6) is -3.09. The van der Waals surface area contributed by atoms with E-state index in [1.165, 1.54) is 12.1 Å². The van der Waals surface area contributed by atoms with E-state index >= 15 is 0 Å². The first-order valence-corrected chi connectivity index (χ1v) is 7.30. The van der Waals surface area contributed by atoms with Gasteiger partial charge < -0.3 is 4.74 Å². The molecule has 0 amide bonds. The van der Waals surface area contributed by atoms with Gasteiger partial charge in [0, 0.05) is 0 Å². The van der Waals surface area contributed by atoms with Crippen molar-refractivity contribution in [1.29, 1.82) is 0 Å². The van der Waals surface area contributed by atoms with Crippen LogP contribution in [0, 0.1) is 11.6 Å². The van der Waals surface area contributed by atoms with Gasteiger partial charge in [0.15, 0.2) is 4.90 Å². The maximum Gasteiger partial charge on any atom is 0.387 e. The van der Waals surface area contributed by atoms with Gasteiger partial charge in [-0.2, -0.15) is 8.78 Å². The zero-order chi connectivity index (χ0) is 16.3. The summed E-state index contributed by atoms with van der Waals surface area (Å²) in [6, 6.07) is 7.40. The molecule has 0 atom stereocenters. The average molecular weight is 335 g/mol. The van der Waals surface area contributed by atoms with Crippen molar-refractivity contribution >= 4 is 15.7 Å². The van der Waals surface area contributed by atoms with E-state index in [0.29, 0.717) is 0 Å². The Morgan fingerprint density at radius 1 is 0.955 bits per heavy atom. The number of sulfonamides is 1. The van der Waals surface area contributed by atoms with Crippen LogP contribution in [0.1, 0.15) is 0 Å².